The lowest BCUT2D eigenvalue weighted by molar-refractivity contribution is -0.113. The van der Waals surface area contributed by atoms with Gasteiger partial charge in [-0.1, -0.05) is 65.8 Å². The normalized spacial score (nSPS) is 10.8. The summed E-state index contributed by atoms with van der Waals surface area (Å²) in [4.78, 5) is 25.3. The molecule has 0 fully saturated rings. The molecule has 0 saturated heterocycles. The van der Waals surface area contributed by atoms with Crippen LogP contribution in [0.5, 0.6) is 0 Å². The molecule has 4 aromatic rings. The number of hydrogen-bond donors (Lipinski definition) is 1. The summed E-state index contributed by atoms with van der Waals surface area (Å²) in [6, 6.07) is 17.1. The fourth-order valence-corrected chi connectivity index (χ4v) is 5.46. The van der Waals surface area contributed by atoms with Gasteiger partial charge in [-0.25, -0.2) is 4.79 Å². The van der Waals surface area contributed by atoms with Gasteiger partial charge < -0.3 is 14.6 Å². The molecule has 2 aromatic heterocycles. The van der Waals surface area contributed by atoms with Crippen LogP contribution in [-0.4, -0.2) is 39.5 Å². The van der Waals surface area contributed by atoms with Crippen LogP contribution in [0, 0.1) is 0 Å². The van der Waals surface area contributed by atoms with Gasteiger partial charge in [-0.3, -0.25) is 4.79 Å². The Morgan fingerprint density at radius 2 is 1.86 bits per heavy atom. The quantitative estimate of drug-likeness (QED) is 0.219. The molecule has 1 N–H and O–H groups in total. The van der Waals surface area contributed by atoms with Crippen molar-refractivity contribution in [3.05, 3.63) is 82.0 Å². The standard InChI is InChI=1S/C25H23ClN4O3S2/c1-3-30-20(13-16-9-11-18(26)12-10-16)28-29-25(30)35-15-21(31)27-23-22(24(32)33-2)19(14-34-23)17-7-5-4-6-8-17/h4-12,14H,3,13,15H2,1-2H3,(H,27,31). The molecule has 0 radical (unpaired) electrons. The van der Waals surface area contributed by atoms with Crippen molar-refractivity contribution >= 4 is 51.6 Å². The third-order valence-corrected chi connectivity index (χ3v) is 7.35. The first kappa shape index (κ1) is 25.0. The van der Waals surface area contributed by atoms with Crippen molar-refractivity contribution in [1.82, 2.24) is 14.8 Å². The highest BCUT2D eigenvalue weighted by molar-refractivity contribution is 7.99. The molecule has 0 unspecified atom stereocenters. The van der Waals surface area contributed by atoms with Gasteiger partial charge in [0.2, 0.25) is 5.91 Å². The molecule has 0 aliphatic carbocycles. The van der Waals surface area contributed by atoms with E-state index in [0.29, 0.717) is 33.7 Å². The maximum absolute atomic E-state index is 12.8. The van der Waals surface area contributed by atoms with Crippen LogP contribution < -0.4 is 5.32 Å². The number of nitrogens with one attached hydrogen (secondary N) is 1. The number of ether oxygens (including phenoxy) is 1. The predicted octanol–water partition coefficient (Wildman–Crippen LogP) is 5.79. The van der Waals surface area contributed by atoms with Gasteiger partial charge in [0.1, 0.15) is 16.4 Å². The van der Waals surface area contributed by atoms with E-state index in [1.807, 2.05) is 71.5 Å². The summed E-state index contributed by atoms with van der Waals surface area (Å²) in [6.07, 6.45) is 0.616. The zero-order chi connectivity index (χ0) is 24.8. The Kier molecular flexibility index (Phi) is 8.22. The largest absolute Gasteiger partial charge is 0.465 e. The van der Waals surface area contributed by atoms with Crippen LogP contribution in [0.25, 0.3) is 11.1 Å². The summed E-state index contributed by atoms with van der Waals surface area (Å²) in [5, 5.41) is 15.1. The summed E-state index contributed by atoms with van der Waals surface area (Å²) in [6.45, 7) is 2.69. The number of amides is 1. The average Bonchev–Trinajstić information content (AvgIpc) is 3.47. The van der Waals surface area contributed by atoms with Crippen LogP contribution in [0.3, 0.4) is 0 Å². The van der Waals surface area contributed by atoms with Crippen molar-refractivity contribution in [3.63, 3.8) is 0 Å². The smallest absolute Gasteiger partial charge is 0.341 e. The lowest BCUT2D eigenvalue weighted by atomic mass is 10.0. The molecule has 2 heterocycles. The van der Waals surface area contributed by atoms with Gasteiger partial charge in [0, 0.05) is 28.9 Å². The number of thiophene rings is 1. The fraction of sp³-hybridized carbons (Fsp3) is 0.200. The van der Waals surface area contributed by atoms with E-state index in [1.54, 1.807) is 0 Å². The van der Waals surface area contributed by atoms with Crippen molar-refractivity contribution < 1.29 is 14.3 Å². The topological polar surface area (TPSA) is 86.1 Å². The van der Waals surface area contributed by atoms with Crippen LogP contribution >= 0.6 is 34.7 Å². The van der Waals surface area contributed by atoms with Gasteiger partial charge in [0.05, 0.1) is 12.9 Å². The summed E-state index contributed by atoms with van der Waals surface area (Å²) in [5.41, 5.74) is 3.03. The highest BCUT2D eigenvalue weighted by atomic mass is 35.5. The Morgan fingerprint density at radius 3 is 2.54 bits per heavy atom. The highest BCUT2D eigenvalue weighted by Gasteiger charge is 2.22. The number of esters is 1. The second kappa shape index (κ2) is 11.5. The SMILES string of the molecule is CCn1c(Cc2ccc(Cl)cc2)nnc1SCC(=O)Nc1scc(-c2ccccc2)c1C(=O)OC. The fourth-order valence-electron chi connectivity index (χ4n) is 3.54. The molecule has 180 valence electrons. The van der Waals surface area contributed by atoms with Gasteiger partial charge in [0.15, 0.2) is 5.16 Å². The van der Waals surface area contributed by atoms with Crippen LogP contribution in [0.2, 0.25) is 5.02 Å². The molecule has 0 atom stereocenters. The van der Waals surface area contributed by atoms with Gasteiger partial charge in [-0.2, -0.15) is 0 Å². The summed E-state index contributed by atoms with van der Waals surface area (Å²) in [7, 11) is 1.33. The number of hydrogen-bond acceptors (Lipinski definition) is 7. The molecule has 4 rings (SSSR count). The first-order valence-corrected chi connectivity index (χ1v) is 13.1. The molecular weight excluding hydrogens is 504 g/mol. The minimum atomic E-state index is -0.495. The number of carbonyl (C=O) groups excluding carboxylic acids is 2. The van der Waals surface area contributed by atoms with E-state index >= 15 is 0 Å². The highest BCUT2D eigenvalue weighted by Crippen LogP contribution is 2.36. The van der Waals surface area contributed by atoms with E-state index in [1.165, 1.54) is 30.2 Å². The number of methoxy groups -OCH3 is 1. The Balaban J connectivity index is 1.45. The van der Waals surface area contributed by atoms with Gasteiger partial charge in [-0.15, -0.1) is 21.5 Å². The molecule has 7 nitrogen and oxygen atoms in total. The maximum atomic E-state index is 12.8. The minimum Gasteiger partial charge on any atom is -0.465 e. The monoisotopic (exact) mass is 526 g/mol. The van der Waals surface area contributed by atoms with Crippen molar-refractivity contribution in [2.75, 3.05) is 18.2 Å². The summed E-state index contributed by atoms with van der Waals surface area (Å²) >= 11 is 8.57. The second-order valence-corrected chi connectivity index (χ2v) is 9.75. The molecule has 0 aliphatic heterocycles. The number of carbonyl (C=O) groups is 2. The Hall–Kier alpha value is -3.14. The maximum Gasteiger partial charge on any atom is 0.341 e. The Bertz CT molecular complexity index is 1320. The van der Waals surface area contributed by atoms with E-state index in [0.717, 1.165) is 22.5 Å². The molecule has 2 aromatic carbocycles. The van der Waals surface area contributed by atoms with E-state index in [2.05, 4.69) is 15.5 Å². The van der Waals surface area contributed by atoms with E-state index < -0.39 is 5.97 Å². The zero-order valence-corrected chi connectivity index (χ0v) is 21.5. The zero-order valence-electron chi connectivity index (χ0n) is 19.2. The lowest BCUT2D eigenvalue weighted by Crippen LogP contribution is -2.16. The number of halogens is 1. The third-order valence-electron chi connectivity index (χ3n) is 5.24. The Labute approximate surface area is 216 Å². The summed E-state index contributed by atoms with van der Waals surface area (Å²) in [5.74, 6) is 0.201. The van der Waals surface area contributed by atoms with Crippen molar-refractivity contribution in [1.29, 1.82) is 0 Å². The molecule has 0 aliphatic rings. The van der Waals surface area contributed by atoms with Crippen LogP contribution in [-0.2, 0) is 22.5 Å². The molecule has 0 spiro atoms. The van der Waals surface area contributed by atoms with Crippen LogP contribution in [0.15, 0.2) is 65.1 Å². The van der Waals surface area contributed by atoms with Crippen molar-refractivity contribution in [2.45, 2.75) is 25.0 Å². The third kappa shape index (κ3) is 5.93. The molecule has 10 heteroatoms. The van der Waals surface area contributed by atoms with E-state index in [-0.39, 0.29) is 11.7 Å². The average molecular weight is 527 g/mol. The summed E-state index contributed by atoms with van der Waals surface area (Å²) < 4.78 is 6.97. The number of nitrogens with zero attached hydrogens (tertiary/aromatic N) is 3. The molecular formula is C25H23ClN4O3S2. The van der Waals surface area contributed by atoms with Gasteiger partial charge >= 0.3 is 5.97 Å². The number of thioether (sulfide) groups is 1. The first-order valence-electron chi connectivity index (χ1n) is 10.8. The number of aromatic nitrogens is 3. The predicted molar refractivity (Wildman–Crippen MR) is 140 cm³/mol. The van der Waals surface area contributed by atoms with Crippen LogP contribution in [0.4, 0.5) is 5.00 Å². The van der Waals surface area contributed by atoms with Gasteiger partial charge in [0.25, 0.3) is 0 Å². The van der Waals surface area contributed by atoms with Crippen molar-refractivity contribution in [2.24, 2.45) is 0 Å². The number of benzene rings is 2. The Morgan fingerprint density at radius 1 is 1.11 bits per heavy atom. The minimum absolute atomic E-state index is 0.123. The first-order chi connectivity index (χ1) is 17.0. The molecule has 0 saturated carbocycles. The van der Waals surface area contributed by atoms with Crippen molar-refractivity contribution in [3.8, 4) is 11.1 Å². The number of anilines is 1. The number of rotatable bonds is 9. The van der Waals surface area contributed by atoms with Crippen LogP contribution in [0.1, 0.15) is 28.7 Å². The van der Waals surface area contributed by atoms with E-state index in [4.69, 9.17) is 16.3 Å². The second-order valence-electron chi connectivity index (χ2n) is 7.49. The van der Waals surface area contributed by atoms with Gasteiger partial charge in [-0.05, 0) is 30.2 Å². The molecule has 0 bridgehead atoms. The molecule has 35 heavy (non-hydrogen) atoms. The lowest BCUT2D eigenvalue weighted by Gasteiger charge is -2.09. The van der Waals surface area contributed by atoms with E-state index in [9.17, 15) is 9.59 Å². The molecule has 1 amide bonds.